The van der Waals surface area contributed by atoms with E-state index in [1.165, 1.54) is 11.0 Å². The number of carboxylic acids is 1. The summed E-state index contributed by atoms with van der Waals surface area (Å²) in [5.74, 6) is -0.571. The molecule has 0 spiro atoms. The molecule has 1 aromatic carbocycles. The van der Waals surface area contributed by atoms with E-state index in [1.54, 1.807) is 36.7 Å². The summed E-state index contributed by atoms with van der Waals surface area (Å²) >= 11 is 6.20. The third-order valence-electron chi connectivity index (χ3n) is 3.88. The van der Waals surface area contributed by atoms with Gasteiger partial charge >= 0.3 is 5.97 Å². The van der Waals surface area contributed by atoms with Crippen LogP contribution < -0.4 is 4.74 Å². The fraction of sp³-hybridized carbons (Fsp3) is 0.235. The minimum absolute atomic E-state index is 0.223. The predicted molar refractivity (Wildman–Crippen MR) is 87.4 cm³/mol. The molecule has 0 bridgehead atoms. The maximum atomic E-state index is 12.5. The number of nitrogens with zero attached hydrogens (tertiary/aromatic N) is 2. The number of benzene rings is 1. The zero-order chi connectivity index (χ0) is 17.1. The van der Waals surface area contributed by atoms with E-state index in [0.29, 0.717) is 35.1 Å². The molecule has 1 fully saturated rings. The number of halogens is 1. The number of amides is 1. The van der Waals surface area contributed by atoms with Gasteiger partial charge in [-0.15, -0.1) is 0 Å². The first kappa shape index (κ1) is 16.3. The number of pyridine rings is 1. The van der Waals surface area contributed by atoms with E-state index < -0.39 is 11.9 Å². The van der Waals surface area contributed by atoms with E-state index in [9.17, 15) is 9.59 Å². The number of carbonyl (C=O) groups excluding carboxylic acids is 1. The second-order valence-electron chi connectivity index (χ2n) is 5.51. The van der Waals surface area contributed by atoms with Crippen molar-refractivity contribution in [2.45, 2.75) is 6.42 Å². The van der Waals surface area contributed by atoms with Gasteiger partial charge in [-0.05, 0) is 36.8 Å². The van der Waals surface area contributed by atoms with Crippen molar-refractivity contribution in [1.82, 2.24) is 9.88 Å². The summed E-state index contributed by atoms with van der Waals surface area (Å²) in [4.78, 5) is 28.9. The van der Waals surface area contributed by atoms with Crippen molar-refractivity contribution in [2.75, 3.05) is 13.1 Å². The van der Waals surface area contributed by atoms with Crippen molar-refractivity contribution in [1.29, 1.82) is 0 Å². The standard InChI is InChI=1S/C17H15ClN2O4/c18-14-9-11(16(21)20-8-5-12(10-20)17(22)23)1-2-15(14)24-13-3-6-19-7-4-13/h1-4,6-7,9,12H,5,8,10H2,(H,22,23)/t12-/m0/s1. The average molecular weight is 347 g/mol. The Labute approximate surface area is 143 Å². The second kappa shape index (κ2) is 6.88. The van der Waals surface area contributed by atoms with Gasteiger partial charge in [-0.1, -0.05) is 11.6 Å². The Hall–Kier alpha value is -2.60. The van der Waals surface area contributed by atoms with Crippen LogP contribution in [0.3, 0.4) is 0 Å². The highest BCUT2D eigenvalue weighted by molar-refractivity contribution is 6.32. The number of hydrogen-bond donors (Lipinski definition) is 1. The molecule has 1 N–H and O–H groups in total. The molecular formula is C17H15ClN2O4. The van der Waals surface area contributed by atoms with Gasteiger partial charge in [-0.2, -0.15) is 0 Å². The van der Waals surface area contributed by atoms with Gasteiger partial charge in [0.1, 0.15) is 11.5 Å². The lowest BCUT2D eigenvalue weighted by molar-refractivity contribution is -0.141. The Bertz CT molecular complexity index is 766. The molecule has 24 heavy (non-hydrogen) atoms. The Morgan fingerprint density at radius 3 is 2.62 bits per heavy atom. The van der Waals surface area contributed by atoms with Crippen LogP contribution in [0.4, 0.5) is 0 Å². The number of rotatable bonds is 4. The molecule has 1 saturated heterocycles. The van der Waals surface area contributed by atoms with Gasteiger partial charge in [0.05, 0.1) is 10.9 Å². The summed E-state index contributed by atoms with van der Waals surface area (Å²) in [7, 11) is 0. The quantitative estimate of drug-likeness (QED) is 0.920. The molecular weight excluding hydrogens is 332 g/mol. The third-order valence-corrected chi connectivity index (χ3v) is 4.18. The Kier molecular flexibility index (Phi) is 4.66. The van der Waals surface area contributed by atoms with Crippen molar-refractivity contribution < 1.29 is 19.4 Å². The van der Waals surface area contributed by atoms with Crippen LogP contribution in [-0.2, 0) is 4.79 Å². The summed E-state index contributed by atoms with van der Waals surface area (Å²) < 4.78 is 5.64. The van der Waals surface area contributed by atoms with Crippen molar-refractivity contribution in [3.63, 3.8) is 0 Å². The molecule has 124 valence electrons. The second-order valence-corrected chi connectivity index (χ2v) is 5.91. The molecule has 0 saturated carbocycles. The van der Waals surface area contributed by atoms with Crippen LogP contribution in [0, 0.1) is 5.92 Å². The first-order chi connectivity index (χ1) is 11.5. The molecule has 7 heteroatoms. The summed E-state index contributed by atoms with van der Waals surface area (Å²) in [6.45, 7) is 0.656. The van der Waals surface area contributed by atoms with E-state index >= 15 is 0 Å². The molecule has 1 amide bonds. The van der Waals surface area contributed by atoms with Crippen LogP contribution in [0.15, 0.2) is 42.7 Å². The highest BCUT2D eigenvalue weighted by Crippen LogP contribution is 2.30. The molecule has 1 aliphatic rings. The van der Waals surface area contributed by atoms with Crippen LogP contribution in [0.25, 0.3) is 0 Å². The molecule has 1 atom stereocenters. The molecule has 2 heterocycles. The van der Waals surface area contributed by atoms with Crippen LogP contribution in [0.1, 0.15) is 16.8 Å². The van der Waals surface area contributed by atoms with Crippen LogP contribution in [0.2, 0.25) is 5.02 Å². The average Bonchev–Trinajstić information content (AvgIpc) is 3.07. The Balaban J connectivity index is 1.72. The van der Waals surface area contributed by atoms with E-state index in [2.05, 4.69) is 4.98 Å². The first-order valence-corrected chi connectivity index (χ1v) is 7.82. The van der Waals surface area contributed by atoms with Gasteiger partial charge in [0.15, 0.2) is 0 Å². The zero-order valence-corrected chi connectivity index (χ0v) is 13.4. The van der Waals surface area contributed by atoms with Gasteiger partial charge in [0.25, 0.3) is 5.91 Å². The summed E-state index contributed by atoms with van der Waals surface area (Å²) in [6, 6.07) is 8.19. The monoisotopic (exact) mass is 346 g/mol. The van der Waals surface area contributed by atoms with Gasteiger partial charge < -0.3 is 14.7 Å². The number of hydrogen-bond acceptors (Lipinski definition) is 4. The van der Waals surface area contributed by atoms with Crippen LogP contribution in [0.5, 0.6) is 11.5 Å². The van der Waals surface area contributed by atoms with Crippen molar-refractivity contribution in [3.8, 4) is 11.5 Å². The highest BCUT2D eigenvalue weighted by atomic mass is 35.5. The number of ether oxygens (including phenoxy) is 1. The maximum Gasteiger partial charge on any atom is 0.308 e. The van der Waals surface area contributed by atoms with Crippen LogP contribution >= 0.6 is 11.6 Å². The predicted octanol–water partition coefficient (Wildman–Crippen LogP) is 3.07. The topological polar surface area (TPSA) is 79.7 Å². The number of carbonyl (C=O) groups is 2. The normalized spacial score (nSPS) is 16.9. The van der Waals surface area contributed by atoms with Crippen molar-refractivity contribution in [3.05, 3.63) is 53.3 Å². The number of carboxylic acid groups (broad SMARTS) is 1. The molecule has 0 radical (unpaired) electrons. The number of likely N-dealkylation sites (tertiary alicyclic amines) is 1. The molecule has 0 aliphatic carbocycles. The van der Waals surface area contributed by atoms with E-state index in [0.717, 1.165) is 0 Å². The SMILES string of the molecule is O=C(O)[C@H]1CCN(C(=O)c2ccc(Oc3ccncc3)c(Cl)c2)C1. The third kappa shape index (κ3) is 3.49. The smallest absolute Gasteiger partial charge is 0.308 e. The minimum Gasteiger partial charge on any atom is -0.481 e. The van der Waals surface area contributed by atoms with E-state index in [-0.39, 0.29) is 12.5 Å². The fourth-order valence-electron chi connectivity index (χ4n) is 2.58. The molecule has 0 unspecified atom stereocenters. The van der Waals surface area contributed by atoms with Crippen molar-refractivity contribution in [2.24, 2.45) is 5.92 Å². The highest BCUT2D eigenvalue weighted by Gasteiger charge is 2.31. The van der Waals surface area contributed by atoms with E-state index in [4.69, 9.17) is 21.4 Å². The zero-order valence-electron chi connectivity index (χ0n) is 12.7. The molecule has 6 nitrogen and oxygen atoms in total. The Morgan fingerprint density at radius 2 is 2.00 bits per heavy atom. The Morgan fingerprint density at radius 1 is 1.25 bits per heavy atom. The summed E-state index contributed by atoms with van der Waals surface area (Å²) in [5, 5.41) is 9.34. The summed E-state index contributed by atoms with van der Waals surface area (Å²) in [6.07, 6.45) is 3.68. The number of aliphatic carboxylic acids is 1. The van der Waals surface area contributed by atoms with Gasteiger partial charge in [-0.3, -0.25) is 14.6 Å². The molecule has 1 aromatic heterocycles. The maximum absolute atomic E-state index is 12.5. The lowest BCUT2D eigenvalue weighted by atomic mass is 10.1. The lowest BCUT2D eigenvalue weighted by Gasteiger charge is -2.16. The van der Waals surface area contributed by atoms with Gasteiger partial charge in [-0.25, -0.2) is 0 Å². The molecule has 3 rings (SSSR count). The lowest BCUT2D eigenvalue weighted by Crippen LogP contribution is -2.29. The van der Waals surface area contributed by atoms with Crippen LogP contribution in [-0.4, -0.2) is 40.0 Å². The number of aromatic nitrogens is 1. The first-order valence-electron chi connectivity index (χ1n) is 7.44. The minimum atomic E-state index is -0.871. The summed E-state index contributed by atoms with van der Waals surface area (Å²) in [5.41, 5.74) is 0.410. The fourth-order valence-corrected chi connectivity index (χ4v) is 2.80. The van der Waals surface area contributed by atoms with Gasteiger partial charge in [0.2, 0.25) is 0 Å². The largest absolute Gasteiger partial charge is 0.481 e. The van der Waals surface area contributed by atoms with E-state index in [1.807, 2.05) is 0 Å². The molecule has 2 aromatic rings. The van der Waals surface area contributed by atoms with Gasteiger partial charge in [0, 0.05) is 31.0 Å². The molecule has 1 aliphatic heterocycles. The van der Waals surface area contributed by atoms with Crippen molar-refractivity contribution >= 4 is 23.5 Å².